The molecule has 1 aromatic carbocycles. The van der Waals surface area contributed by atoms with E-state index < -0.39 is 5.82 Å². The number of aryl methyl sites for hydroxylation is 1. The Balaban J connectivity index is 2.35. The second kappa shape index (κ2) is 5.36. The first-order valence-corrected chi connectivity index (χ1v) is 5.86. The van der Waals surface area contributed by atoms with E-state index in [2.05, 4.69) is 15.0 Å². The monoisotopic (exact) mass is 282 g/mol. The highest BCUT2D eigenvalue weighted by molar-refractivity contribution is 6.28. The van der Waals surface area contributed by atoms with E-state index in [9.17, 15) is 4.39 Å². The average Bonchev–Trinajstić information content (AvgIpc) is 2.33. The van der Waals surface area contributed by atoms with Gasteiger partial charge in [-0.25, -0.2) is 4.39 Å². The van der Waals surface area contributed by atoms with Crippen LogP contribution in [0.5, 0.6) is 11.8 Å². The summed E-state index contributed by atoms with van der Waals surface area (Å²) in [5.41, 5.74) is 0.768. The molecule has 2 rings (SSSR count). The summed E-state index contributed by atoms with van der Waals surface area (Å²) in [4.78, 5) is 13.5. The van der Waals surface area contributed by atoms with Crippen LogP contribution in [0, 0.1) is 12.7 Å². The highest BCUT2D eigenvalue weighted by atomic mass is 35.5. The molecule has 1 aromatic heterocycles. The molecular weight excluding hydrogens is 271 g/mol. The standard InChI is InChI=1S/C12H12ClFN4O/c1-7-4-5-8(14)6-9(7)19-12-16-10(13)15-11(17-12)18(2)3/h4-6H,1-3H3. The Morgan fingerprint density at radius 3 is 2.63 bits per heavy atom. The average molecular weight is 283 g/mol. The van der Waals surface area contributed by atoms with Gasteiger partial charge in [-0.2, -0.15) is 15.0 Å². The van der Waals surface area contributed by atoms with Gasteiger partial charge in [-0.05, 0) is 30.2 Å². The van der Waals surface area contributed by atoms with Crippen molar-refractivity contribution in [2.45, 2.75) is 6.92 Å². The molecule has 0 saturated heterocycles. The molecule has 0 N–H and O–H groups in total. The zero-order valence-corrected chi connectivity index (χ0v) is 11.4. The van der Waals surface area contributed by atoms with E-state index in [1.807, 2.05) is 0 Å². The summed E-state index contributed by atoms with van der Waals surface area (Å²) in [6.07, 6.45) is 0. The largest absolute Gasteiger partial charge is 0.424 e. The Bertz CT molecular complexity index is 606. The summed E-state index contributed by atoms with van der Waals surface area (Å²) >= 11 is 5.79. The van der Waals surface area contributed by atoms with Gasteiger partial charge >= 0.3 is 6.01 Å². The molecule has 0 bridgehead atoms. The van der Waals surface area contributed by atoms with Crippen molar-refractivity contribution in [2.24, 2.45) is 0 Å². The normalized spacial score (nSPS) is 10.4. The lowest BCUT2D eigenvalue weighted by molar-refractivity contribution is 0.432. The lowest BCUT2D eigenvalue weighted by Crippen LogP contribution is -2.13. The number of aromatic nitrogens is 3. The fourth-order valence-electron chi connectivity index (χ4n) is 1.35. The summed E-state index contributed by atoms with van der Waals surface area (Å²) in [5, 5.41) is 0.0164. The molecule has 1 heterocycles. The predicted octanol–water partition coefficient (Wildman–Crippen LogP) is 2.83. The molecule has 0 unspecified atom stereocenters. The van der Waals surface area contributed by atoms with Crippen LogP contribution in [-0.2, 0) is 0 Å². The lowest BCUT2D eigenvalue weighted by Gasteiger charge is -2.12. The van der Waals surface area contributed by atoms with Gasteiger partial charge in [0.1, 0.15) is 11.6 Å². The number of nitrogens with zero attached hydrogens (tertiary/aromatic N) is 4. The molecule has 0 aliphatic carbocycles. The maximum absolute atomic E-state index is 13.2. The second-order valence-electron chi connectivity index (χ2n) is 4.09. The number of anilines is 1. The van der Waals surface area contributed by atoms with Crippen LogP contribution in [0.15, 0.2) is 18.2 Å². The zero-order valence-electron chi connectivity index (χ0n) is 10.7. The Hall–Kier alpha value is -1.95. The van der Waals surface area contributed by atoms with E-state index in [0.29, 0.717) is 11.7 Å². The van der Waals surface area contributed by atoms with Crippen LogP contribution in [0.3, 0.4) is 0 Å². The Morgan fingerprint density at radius 2 is 1.95 bits per heavy atom. The maximum atomic E-state index is 13.2. The Labute approximate surface area is 115 Å². The molecule has 0 amide bonds. The van der Waals surface area contributed by atoms with E-state index in [1.165, 1.54) is 12.1 Å². The van der Waals surface area contributed by atoms with E-state index in [0.717, 1.165) is 5.56 Å². The van der Waals surface area contributed by atoms with Gasteiger partial charge in [0, 0.05) is 20.2 Å². The Kier molecular flexibility index (Phi) is 3.80. The molecule has 19 heavy (non-hydrogen) atoms. The molecule has 5 nitrogen and oxygen atoms in total. The van der Waals surface area contributed by atoms with Crippen molar-refractivity contribution in [2.75, 3.05) is 19.0 Å². The molecule has 0 fully saturated rings. The third kappa shape index (κ3) is 3.29. The topological polar surface area (TPSA) is 51.1 Å². The van der Waals surface area contributed by atoms with Crippen molar-refractivity contribution in [1.29, 1.82) is 0 Å². The van der Waals surface area contributed by atoms with Crippen molar-refractivity contribution in [3.63, 3.8) is 0 Å². The van der Waals surface area contributed by atoms with Gasteiger partial charge in [-0.3, -0.25) is 0 Å². The molecule has 0 saturated carbocycles. The minimum Gasteiger partial charge on any atom is -0.424 e. The molecule has 0 spiro atoms. The van der Waals surface area contributed by atoms with Gasteiger partial charge in [0.2, 0.25) is 11.2 Å². The second-order valence-corrected chi connectivity index (χ2v) is 4.43. The summed E-state index contributed by atoms with van der Waals surface area (Å²) < 4.78 is 18.6. The van der Waals surface area contributed by atoms with Crippen LogP contribution in [0.2, 0.25) is 5.28 Å². The number of benzene rings is 1. The number of ether oxygens (including phenoxy) is 1. The van der Waals surface area contributed by atoms with Crippen molar-refractivity contribution in [1.82, 2.24) is 15.0 Å². The minimum atomic E-state index is -0.395. The smallest absolute Gasteiger partial charge is 0.328 e. The van der Waals surface area contributed by atoms with Crippen LogP contribution < -0.4 is 9.64 Å². The molecule has 0 aliphatic heterocycles. The first kappa shape index (κ1) is 13.5. The summed E-state index contributed by atoms with van der Waals surface area (Å²) in [6.45, 7) is 1.80. The highest BCUT2D eigenvalue weighted by Gasteiger charge is 2.10. The van der Waals surface area contributed by atoms with Gasteiger partial charge in [0.05, 0.1) is 0 Å². The molecule has 2 aromatic rings. The lowest BCUT2D eigenvalue weighted by atomic mass is 10.2. The fourth-order valence-corrected chi connectivity index (χ4v) is 1.50. The number of rotatable bonds is 3. The van der Waals surface area contributed by atoms with Crippen molar-refractivity contribution < 1.29 is 9.13 Å². The molecule has 100 valence electrons. The van der Waals surface area contributed by atoms with Crippen LogP contribution in [0.25, 0.3) is 0 Å². The maximum Gasteiger partial charge on any atom is 0.328 e. The summed E-state index contributed by atoms with van der Waals surface area (Å²) in [5.74, 6) is 0.310. The van der Waals surface area contributed by atoms with Gasteiger partial charge in [-0.15, -0.1) is 0 Å². The van der Waals surface area contributed by atoms with Crippen LogP contribution in [0.1, 0.15) is 5.56 Å². The molecular formula is C12H12ClFN4O. The number of hydrogen-bond donors (Lipinski definition) is 0. The molecule has 0 aliphatic rings. The third-order valence-electron chi connectivity index (χ3n) is 2.33. The fraction of sp³-hybridized carbons (Fsp3) is 0.250. The van der Waals surface area contributed by atoms with E-state index in [1.54, 1.807) is 32.0 Å². The number of hydrogen-bond acceptors (Lipinski definition) is 5. The van der Waals surface area contributed by atoms with Crippen molar-refractivity contribution >= 4 is 17.5 Å². The first-order chi connectivity index (χ1) is 8.95. The molecule has 7 heteroatoms. The molecule has 0 radical (unpaired) electrons. The third-order valence-corrected chi connectivity index (χ3v) is 2.50. The van der Waals surface area contributed by atoms with Gasteiger partial charge in [0.15, 0.2) is 0 Å². The highest BCUT2D eigenvalue weighted by Crippen LogP contribution is 2.24. The van der Waals surface area contributed by atoms with Crippen LogP contribution in [0.4, 0.5) is 10.3 Å². The zero-order chi connectivity index (χ0) is 14.0. The van der Waals surface area contributed by atoms with E-state index >= 15 is 0 Å². The SMILES string of the molecule is Cc1ccc(F)cc1Oc1nc(Cl)nc(N(C)C)n1. The van der Waals surface area contributed by atoms with E-state index in [4.69, 9.17) is 16.3 Å². The van der Waals surface area contributed by atoms with E-state index in [-0.39, 0.29) is 11.3 Å². The van der Waals surface area contributed by atoms with Crippen LogP contribution >= 0.6 is 11.6 Å². The minimum absolute atomic E-state index is 0.0164. The van der Waals surface area contributed by atoms with Crippen LogP contribution in [-0.4, -0.2) is 29.0 Å². The molecule has 0 atom stereocenters. The van der Waals surface area contributed by atoms with Gasteiger partial charge in [0.25, 0.3) is 0 Å². The van der Waals surface area contributed by atoms with Crippen molar-refractivity contribution in [3.8, 4) is 11.8 Å². The van der Waals surface area contributed by atoms with Gasteiger partial charge < -0.3 is 9.64 Å². The first-order valence-electron chi connectivity index (χ1n) is 5.48. The number of halogens is 2. The Morgan fingerprint density at radius 1 is 1.21 bits per heavy atom. The van der Waals surface area contributed by atoms with Gasteiger partial charge in [-0.1, -0.05) is 6.07 Å². The van der Waals surface area contributed by atoms with Crippen molar-refractivity contribution in [3.05, 3.63) is 34.9 Å². The summed E-state index contributed by atoms with van der Waals surface area (Å²) in [6, 6.07) is 4.26. The summed E-state index contributed by atoms with van der Waals surface area (Å²) in [7, 11) is 3.53. The quantitative estimate of drug-likeness (QED) is 0.866. The predicted molar refractivity (Wildman–Crippen MR) is 70.4 cm³/mol.